The monoisotopic (exact) mass is 250 g/mol. The number of hydrogen-bond acceptors (Lipinski definition) is 4. The summed E-state index contributed by atoms with van der Waals surface area (Å²) < 4.78 is 4.92. The van der Waals surface area contributed by atoms with E-state index in [-0.39, 0.29) is 11.8 Å². The molecular weight excluding hydrogens is 234 g/mol. The van der Waals surface area contributed by atoms with E-state index in [1.165, 1.54) is 0 Å². The number of carboxylic acid groups (broad SMARTS) is 1. The van der Waals surface area contributed by atoms with Crippen LogP contribution in [0.15, 0.2) is 24.3 Å². The molecule has 0 aliphatic heterocycles. The van der Waals surface area contributed by atoms with Gasteiger partial charge in [-0.05, 0) is 30.7 Å². The minimum Gasteiger partial charge on any atom is -0.546 e. The summed E-state index contributed by atoms with van der Waals surface area (Å²) in [6, 6.07) is 6.50. The fraction of sp³-hybridized carbons (Fsp3) is 0.385. The van der Waals surface area contributed by atoms with E-state index in [0.29, 0.717) is 11.4 Å². The summed E-state index contributed by atoms with van der Waals surface area (Å²) in [5, 5.41) is 13.0. The third kappa shape index (κ3) is 4.45. The summed E-state index contributed by atoms with van der Waals surface area (Å²) in [6.07, 6.45) is 0.776. The van der Waals surface area contributed by atoms with E-state index >= 15 is 0 Å². The Morgan fingerprint density at radius 2 is 1.94 bits per heavy atom. The smallest absolute Gasteiger partial charge is 0.227 e. The van der Waals surface area contributed by atoms with Gasteiger partial charge in [-0.3, -0.25) is 4.79 Å². The molecule has 1 rings (SSSR count). The fourth-order valence-electron chi connectivity index (χ4n) is 1.23. The number of ether oxygens (including phenoxy) is 1. The second-order valence-electron chi connectivity index (χ2n) is 3.98. The SMILES string of the molecule is CC[C@@H](C)C(=O)Nc1ccc(OCC(=O)[O-])cc1. The highest BCUT2D eigenvalue weighted by atomic mass is 16.5. The molecule has 0 aromatic heterocycles. The van der Waals surface area contributed by atoms with Gasteiger partial charge in [-0.1, -0.05) is 13.8 Å². The van der Waals surface area contributed by atoms with Crippen molar-refractivity contribution < 1.29 is 19.4 Å². The lowest BCUT2D eigenvalue weighted by atomic mass is 10.1. The van der Waals surface area contributed by atoms with Crippen LogP contribution in [0.3, 0.4) is 0 Å². The Balaban J connectivity index is 2.55. The first-order valence-electron chi connectivity index (χ1n) is 5.76. The molecule has 1 amide bonds. The first-order valence-corrected chi connectivity index (χ1v) is 5.76. The van der Waals surface area contributed by atoms with Gasteiger partial charge in [0.05, 0.1) is 5.97 Å². The molecule has 1 aromatic carbocycles. The van der Waals surface area contributed by atoms with Gasteiger partial charge in [0.2, 0.25) is 5.91 Å². The maximum absolute atomic E-state index is 11.6. The number of hydrogen-bond donors (Lipinski definition) is 1. The lowest BCUT2D eigenvalue weighted by molar-refractivity contribution is -0.307. The number of aliphatic carboxylic acids is 1. The number of nitrogens with one attached hydrogen (secondary N) is 1. The van der Waals surface area contributed by atoms with Gasteiger partial charge in [0.25, 0.3) is 0 Å². The molecule has 0 aliphatic rings. The van der Waals surface area contributed by atoms with Crippen molar-refractivity contribution >= 4 is 17.6 Å². The quantitative estimate of drug-likeness (QED) is 0.810. The largest absolute Gasteiger partial charge is 0.546 e. The first-order chi connectivity index (χ1) is 8.52. The maximum Gasteiger partial charge on any atom is 0.227 e. The minimum atomic E-state index is -1.27. The molecule has 1 atom stereocenters. The average molecular weight is 250 g/mol. The molecule has 5 heteroatoms. The lowest BCUT2D eigenvalue weighted by Gasteiger charge is -2.11. The van der Waals surface area contributed by atoms with Gasteiger partial charge in [-0.2, -0.15) is 0 Å². The first kappa shape index (κ1) is 14.0. The van der Waals surface area contributed by atoms with Gasteiger partial charge in [0.15, 0.2) is 0 Å². The molecule has 0 spiro atoms. The van der Waals surface area contributed by atoms with Crippen LogP contribution >= 0.6 is 0 Å². The highest BCUT2D eigenvalue weighted by molar-refractivity contribution is 5.92. The average Bonchev–Trinajstić information content (AvgIpc) is 2.36. The number of rotatable bonds is 6. The summed E-state index contributed by atoms with van der Waals surface area (Å²) in [5.41, 5.74) is 0.654. The molecule has 18 heavy (non-hydrogen) atoms. The molecule has 0 bridgehead atoms. The zero-order valence-electron chi connectivity index (χ0n) is 10.4. The molecule has 98 valence electrons. The van der Waals surface area contributed by atoms with Crippen LogP contribution in [0.4, 0.5) is 5.69 Å². The number of amides is 1. The van der Waals surface area contributed by atoms with Crippen molar-refractivity contribution in [3.63, 3.8) is 0 Å². The van der Waals surface area contributed by atoms with Crippen LogP contribution < -0.4 is 15.2 Å². The van der Waals surface area contributed by atoms with E-state index in [1.807, 2.05) is 13.8 Å². The normalized spacial score (nSPS) is 11.7. The lowest BCUT2D eigenvalue weighted by Crippen LogP contribution is -2.28. The zero-order chi connectivity index (χ0) is 13.5. The second kappa shape index (κ2) is 6.64. The summed E-state index contributed by atoms with van der Waals surface area (Å²) in [4.78, 5) is 21.8. The molecule has 0 aliphatic carbocycles. The molecule has 0 fully saturated rings. The Morgan fingerprint density at radius 3 is 2.44 bits per heavy atom. The predicted octanol–water partition coefficient (Wildman–Crippen LogP) is 0.800. The van der Waals surface area contributed by atoms with Crippen LogP contribution in [0.5, 0.6) is 5.75 Å². The molecule has 5 nitrogen and oxygen atoms in total. The summed E-state index contributed by atoms with van der Waals surface area (Å²) in [5.74, 6) is -0.940. The number of carboxylic acids is 1. The van der Waals surface area contributed by atoms with Crippen LogP contribution in [0, 0.1) is 5.92 Å². The number of benzene rings is 1. The summed E-state index contributed by atoms with van der Waals surface area (Å²) in [6.45, 7) is 3.31. The maximum atomic E-state index is 11.6. The van der Waals surface area contributed by atoms with Gasteiger partial charge in [-0.15, -0.1) is 0 Å². The number of carbonyl (C=O) groups is 2. The van der Waals surface area contributed by atoms with E-state index in [4.69, 9.17) is 4.74 Å². The van der Waals surface area contributed by atoms with Crippen LogP contribution in [-0.2, 0) is 9.59 Å². The molecular formula is C13H16NO4-. The van der Waals surface area contributed by atoms with E-state index in [0.717, 1.165) is 6.42 Å². The highest BCUT2D eigenvalue weighted by Crippen LogP contribution is 2.16. The Morgan fingerprint density at radius 1 is 1.33 bits per heavy atom. The Bertz CT molecular complexity index is 414. The van der Waals surface area contributed by atoms with Crippen molar-refractivity contribution in [3.05, 3.63) is 24.3 Å². The fourth-order valence-corrected chi connectivity index (χ4v) is 1.23. The van der Waals surface area contributed by atoms with Crippen LogP contribution in [0.1, 0.15) is 20.3 Å². The van der Waals surface area contributed by atoms with Crippen molar-refractivity contribution in [2.45, 2.75) is 20.3 Å². The van der Waals surface area contributed by atoms with E-state index in [1.54, 1.807) is 24.3 Å². The minimum absolute atomic E-state index is 0.0408. The molecule has 1 N–H and O–H groups in total. The van der Waals surface area contributed by atoms with Crippen molar-refractivity contribution in [1.29, 1.82) is 0 Å². The Hall–Kier alpha value is -2.04. The third-order valence-electron chi connectivity index (χ3n) is 2.54. The molecule has 0 radical (unpaired) electrons. The molecule has 0 saturated carbocycles. The van der Waals surface area contributed by atoms with Crippen LogP contribution in [0.25, 0.3) is 0 Å². The second-order valence-corrected chi connectivity index (χ2v) is 3.98. The Labute approximate surface area is 106 Å². The molecule has 0 unspecified atom stereocenters. The van der Waals surface area contributed by atoms with Gasteiger partial charge in [-0.25, -0.2) is 0 Å². The summed E-state index contributed by atoms with van der Waals surface area (Å²) >= 11 is 0. The number of anilines is 1. The van der Waals surface area contributed by atoms with Crippen molar-refractivity contribution in [2.24, 2.45) is 5.92 Å². The Kier molecular flexibility index (Phi) is 5.17. The number of carbonyl (C=O) groups excluding carboxylic acids is 2. The van der Waals surface area contributed by atoms with Gasteiger partial charge in [0, 0.05) is 11.6 Å². The third-order valence-corrected chi connectivity index (χ3v) is 2.54. The summed E-state index contributed by atoms with van der Waals surface area (Å²) in [7, 11) is 0. The van der Waals surface area contributed by atoms with Crippen molar-refractivity contribution in [3.8, 4) is 5.75 Å². The van der Waals surface area contributed by atoms with Gasteiger partial charge in [0.1, 0.15) is 12.4 Å². The molecule has 0 saturated heterocycles. The van der Waals surface area contributed by atoms with E-state index in [9.17, 15) is 14.7 Å². The highest BCUT2D eigenvalue weighted by Gasteiger charge is 2.10. The van der Waals surface area contributed by atoms with E-state index in [2.05, 4.69) is 5.32 Å². The predicted molar refractivity (Wildman–Crippen MR) is 65.0 cm³/mol. The standard InChI is InChI=1S/C13H17NO4/c1-3-9(2)13(17)14-10-4-6-11(7-5-10)18-8-12(15)16/h4-7,9H,3,8H2,1-2H3,(H,14,17)(H,15,16)/p-1/t9-/m1/s1. The van der Waals surface area contributed by atoms with E-state index < -0.39 is 12.6 Å². The zero-order valence-corrected chi connectivity index (χ0v) is 10.4. The van der Waals surface area contributed by atoms with Crippen LogP contribution in [-0.4, -0.2) is 18.5 Å². The van der Waals surface area contributed by atoms with Crippen molar-refractivity contribution in [1.82, 2.24) is 0 Å². The van der Waals surface area contributed by atoms with Crippen LogP contribution in [0.2, 0.25) is 0 Å². The van der Waals surface area contributed by atoms with Crippen molar-refractivity contribution in [2.75, 3.05) is 11.9 Å². The molecule has 0 heterocycles. The van der Waals surface area contributed by atoms with Gasteiger partial charge < -0.3 is 20.0 Å². The van der Waals surface area contributed by atoms with Gasteiger partial charge >= 0.3 is 0 Å². The molecule has 1 aromatic rings. The topological polar surface area (TPSA) is 78.5 Å².